The molecule has 0 saturated carbocycles. The summed E-state index contributed by atoms with van der Waals surface area (Å²) in [6.45, 7) is 4.92. The SMILES string of the molecule is CCCN(CCN(C)C)c1ccc(Br)cc1/C(N)=N/O. The zero-order chi connectivity index (χ0) is 15.1. The molecule has 0 heterocycles. The quantitative estimate of drug-likeness (QED) is 0.345. The van der Waals surface area contributed by atoms with Gasteiger partial charge in [0.2, 0.25) is 0 Å². The zero-order valence-electron chi connectivity index (χ0n) is 12.3. The van der Waals surface area contributed by atoms with Crippen molar-refractivity contribution in [2.75, 3.05) is 38.6 Å². The summed E-state index contributed by atoms with van der Waals surface area (Å²) in [7, 11) is 4.10. The predicted octanol–water partition coefficient (Wildman–Crippen LogP) is 2.32. The maximum absolute atomic E-state index is 8.95. The van der Waals surface area contributed by atoms with Crippen LogP contribution in [-0.4, -0.2) is 49.7 Å². The Morgan fingerprint density at radius 2 is 2.00 bits per heavy atom. The molecule has 0 aliphatic heterocycles. The Labute approximate surface area is 129 Å². The van der Waals surface area contributed by atoms with Crippen LogP contribution in [0.3, 0.4) is 0 Å². The summed E-state index contributed by atoms with van der Waals surface area (Å²) in [4.78, 5) is 4.41. The minimum absolute atomic E-state index is 0.132. The van der Waals surface area contributed by atoms with Gasteiger partial charge in [-0.1, -0.05) is 28.0 Å². The van der Waals surface area contributed by atoms with Crippen molar-refractivity contribution in [3.05, 3.63) is 28.2 Å². The molecule has 0 aliphatic carbocycles. The van der Waals surface area contributed by atoms with Crippen molar-refractivity contribution in [2.45, 2.75) is 13.3 Å². The monoisotopic (exact) mass is 342 g/mol. The second-order valence-corrected chi connectivity index (χ2v) is 5.85. The first-order chi connectivity index (χ1) is 9.49. The average Bonchev–Trinajstić information content (AvgIpc) is 2.42. The highest BCUT2D eigenvalue weighted by molar-refractivity contribution is 9.10. The van der Waals surface area contributed by atoms with Crippen LogP contribution in [0.15, 0.2) is 27.8 Å². The summed E-state index contributed by atoms with van der Waals surface area (Å²) in [6.07, 6.45) is 1.04. The third-order valence-electron chi connectivity index (χ3n) is 2.99. The van der Waals surface area contributed by atoms with Crippen LogP contribution in [0.25, 0.3) is 0 Å². The lowest BCUT2D eigenvalue weighted by Gasteiger charge is -2.28. The van der Waals surface area contributed by atoms with Crippen LogP contribution in [0.5, 0.6) is 0 Å². The van der Waals surface area contributed by atoms with E-state index in [0.717, 1.165) is 41.8 Å². The molecule has 0 bridgehead atoms. The van der Waals surface area contributed by atoms with Crippen LogP contribution in [-0.2, 0) is 0 Å². The zero-order valence-corrected chi connectivity index (χ0v) is 13.9. The lowest BCUT2D eigenvalue weighted by atomic mass is 10.1. The highest BCUT2D eigenvalue weighted by atomic mass is 79.9. The van der Waals surface area contributed by atoms with E-state index in [4.69, 9.17) is 10.9 Å². The first-order valence-corrected chi connectivity index (χ1v) is 7.46. The van der Waals surface area contributed by atoms with Crippen molar-refractivity contribution >= 4 is 27.5 Å². The third kappa shape index (κ3) is 4.68. The van der Waals surface area contributed by atoms with Crippen molar-refractivity contribution < 1.29 is 5.21 Å². The van der Waals surface area contributed by atoms with Crippen LogP contribution in [0.2, 0.25) is 0 Å². The molecule has 0 amide bonds. The fraction of sp³-hybridized carbons (Fsp3) is 0.500. The molecular formula is C14H23BrN4O. The van der Waals surface area contributed by atoms with Gasteiger partial charge in [-0.25, -0.2) is 0 Å². The van der Waals surface area contributed by atoms with Crippen molar-refractivity contribution in [1.29, 1.82) is 0 Å². The Hall–Kier alpha value is -1.27. The van der Waals surface area contributed by atoms with Gasteiger partial charge >= 0.3 is 0 Å². The number of nitrogens with zero attached hydrogens (tertiary/aromatic N) is 3. The Balaban J connectivity index is 3.11. The molecule has 1 rings (SSSR count). The summed E-state index contributed by atoms with van der Waals surface area (Å²) in [5.74, 6) is 0.132. The number of amidine groups is 1. The molecule has 0 fully saturated rings. The fourth-order valence-corrected chi connectivity index (χ4v) is 2.35. The summed E-state index contributed by atoms with van der Waals surface area (Å²) in [5, 5.41) is 12.1. The lowest BCUT2D eigenvalue weighted by Crippen LogP contribution is -2.34. The van der Waals surface area contributed by atoms with Gasteiger partial charge in [0.15, 0.2) is 5.84 Å². The number of rotatable bonds is 7. The topological polar surface area (TPSA) is 65.1 Å². The van der Waals surface area contributed by atoms with Crippen LogP contribution >= 0.6 is 15.9 Å². The second kappa shape index (κ2) is 8.11. The van der Waals surface area contributed by atoms with E-state index in [9.17, 15) is 0 Å². The highest BCUT2D eigenvalue weighted by Crippen LogP contribution is 2.25. The molecule has 3 N–H and O–H groups in total. The van der Waals surface area contributed by atoms with Gasteiger partial charge in [0, 0.05) is 35.4 Å². The molecule has 0 aliphatic rings. The summed E-state index contributed by atoms with van der Waals surface area (Å²) >= 11 is 3.43. The van der Waals surface area contributed by atoms with Crippen molar-refractivity contribution in [1.82, 2.24) is 4.90 Å². The first-order valence-electron chi connectivity index (χ1n) is 6.66. The molecule has 1 aromatic rings. The minimum atomic E-state index is 0.132. The standard InChI is InChI=1S/C14H23BrN4O/c1-4-7-19(9-8-18(2)3)13-6-5-11(15)10-12(13)14(16)17-20/h5-6,10,20H,4,7-9H2,1-3H3,(H2,16,17). The van der Waals surface area contributed by atoms with Crippen LogP contribution in [0.1, 0.15) is 18.9 Å². The average molecular weight is 343 g/mol. The van der Waals surface area contributed by atoms with E-state index >= 15 is 0 Å². The van der Waals surface area contributed by atoms with Crippen molar-refractivity contribution in [3.8, 4) is 0 Å². The molecule has 5 nitrogen and oxygen atoms in total. The summed E-state index contributed by atoms with van der Waals surface area (Å²) in [6, 6.07) is 5.85. The number of likely N-dealkylation sites (N-methyl/N-ethyl adjacent to an activating group) is 1. The highest BCUT2D eigenvalue weighted by Gasteiger charge is 2.14. The minimum Gasteiger partial charge on any atom is -0.409 e. The molecule has 0 unspecified atom stereocenters. The molecule has 112 valence electrons. The number of halogens is 1. The number of hydrogen-bond acceptors (Lipinski definition) is 4. The van der Waals surface area contributed by atoms with Gasteiger partial charge in [0.05, 0.1) is 0 Å². The molecule has 0 atom stereocenters. The number of hydrogen-bond donors (Lipinski definition) is 2. The van der Waals surface area contributed by atoms with Gasteiger partial charge in [-0.05, 0) is 38.7 Å². The Bertz CT molecular complexity index is 462. The Morgan fingerprint density at radius 1 is 1.30 bits per heavy atom. The van der Waals surface area contributed by atoms with Gasteiger partial charge < -0.3 is 20.7 Å². The van der Waals surface area contributed by atoms with E-state index in [2.05, 4.69) is 51.9 Å². The largest absolute Gasteiger partial charge is 0.409 e. The fourth-order valence-electron chi connectivity index (χ4n) is 1.99. The number of benzene rings is 1. The smallest absolute Gasteiger partial charge is 0.172 e. The van der Waals surface area contributed by atoms with Crippen LogP contribution in [0.4, 0.5) is 5.69 Å². The van der Waals surface area contributed by atoms with Crippen molar-refractivity contribution in [2.24, 2.45) is 10.9 Å². The van der Waals surface area contributed by atoms with E-state index in [1.54, 1.807) is 0 Å². The van der Waals surface area contributed by atoms with Crippen LogP contribution < -0.4 is 10.6 Å². The van der Waals surface area contributed by atoms with Gasteiger partial charge in [-0.2, -0.15) is 0 Å². The van der Waals surface area contributed by atoms with E-state index in [1.165, 1.54) is 0 Å². The predicted molar refractivity (Wildman–Crippen MR) is 87.7 cm³/mol. The van der Waals surface area contributed by atoms with Gasteiger partial charge in [-0.3, -0.25) is 0 Å². The third-order valence-corrected chi connectivity index (χ3v) is 3.49. The molecule has 0 aromatic heterocycles. The number of oxime groups is 1. The normalized spacial score (nSPS) is 11.9. The van der Waals surface area contributed by atoms with E-state index < -0.39 is 0 Å². The molecule has 20 heavy (non-hydrogen) atoms. The second-order valence-electron chi connectivity index (χ2n) is 4.94. The number of nitrogens with two attached hydrogens (primary N) is 1. The lowest BCUT2D eigenvalue weighted by molar-refractivity contribution is 0.318. The maximum atomic E-state index is 8.95. The van der Waals surface area contributed by atoms with Crippen molar-refractivity contribution in [3.63, 3.8) is 0 Å². The number of anilines is 1. The molecule has 6 heteroatoms. The van der Waals surface area contributed by atoms with Gasteiger partial charge in [0.1, 0.15) is 0 Å². The molecular weight excluding hydrogens is 320 g/mol. The van der Waals surface area contributed by atoms with E-state index in [1.807, 2.05) is 18.2 Å². The van der Waals surface area contributed by atoms with E-state index in [-0.39, 0.29) is 5.84 Å². The Morgan fingerprint density at radius 3 is 2.55 bits per heavy atom. The first kappa shape index (κ1) is 16.8. The molecule has 0 spiro atoms. The Kier molecular flexibility index (Phi) is 6.81. The summed E-state index contributed by atoms with van der Waals surface area (Å²) < 4.78 is 0.909. The maximum Gasteiger partial charge on any atom is 0.172 e. The van der Waals surface area contributed by atoms with E-state index in [0.29, 0.717) is 0 Å². The van der Waals surface area contributed by atoms with Gasteiger partial charge in [-0.15, -0.1) is 0 Å². The summed E-state index contributed by atoms with van der Waals surface area (Å²) in [5.41, 5.74) is 7.53. The van der Waals surface area contributed by atoms with Gasteiger partial charge in [0.25, 0.3) is 0 Å². The van der Waals surface area contributed by atoms with Crippen LogP contribution in [0, 0.1) is 0 Å². The molecule has 1 aromatic carbocycles. The molecule has 0 saturated heterocycles. The molecule has 0 radical (unpaired) electrons.